The van der Waals surface area contributed by atoms with Crippen molar-refractivity contribution in [2.75, 3.05) is 0 Å². The van der Waals surface area contributed by atoms with E-state index < -0.39 is 0 Å². The molecule has 0 saturated heterocycles. The van der Waals surface area contributed by atoms with Gasteiger partial charge in [0.05, 0.1) is 17.3 Å². The standard InChI is InChI=1S/C19H13ClN6/c1-12-7-8-14(9-16(12)20)26-18-15(10-22-26)19-24-23-17(25(19)11-21-18)13-5-3-2-4-6-13/h2-11H,1H3. The quantitative estimate of drug-likeness (QED) is 0.475. The Balaban J connectivity index is 1.72. The molecule has 0 radical (unpaired) electrons. The summed E-state index contributed by atoms with van der Waals surface area (Å²) in [6.45, 7) is 1.97. The number of rotatable bonds is 2. The van der Waals surface area contributed by atoms with Gasteiger partial charge in [-0.25, -0.2) is 9.67 Å². The maximum Gasteiger partial charge on any atom is 0.175 e. The van der Waals surface area contributed by atoms with E-state index in [1.165, 1.54) is 0 Å². The largest absolute Gasteiger partial charge is 0.265 e. The van der Waals surface area contributed by atoms with Gasteiger partial charge in [0.1, 0.15) is 6.33 Å². The molecule has 0 atom stereocenters. The van der Waals surface area contributed by atoms with Crippen LogP contribution in [0.5, 0.6) is 0 Å². The number of fused-ring (bicyclic) bond motifs is 3. The third-order valence-electron chi connectivity index (χ3n) is 4.41. The molecule has 0 aliphatic heterocycles. The smallest absolute Gasteiger partial charge is 0.175 e. The van der Waals surface area contributed by atoms with Crippen molar-refractivity contribution in [3.8, 4) is 17.1 Å². The van der Waals surface area contributed by atoms with Crippen molar-refractivity contribution < 1.29 is 0 Å². The minimum Gasteiger partial charge on any atom is -0.265 e. The van der Waals surface area contributed by atoms with Crippen LogP contribution in [-0.2, 0) is 0 Å². The summed E-state index contributed by atoms with van der Waals surface area (Å²) in [4.78, 5) is 4.60. The average molecular weight is 361 g/mol. The number of hydrogen-bond acceptors (Lipinski definition) is 4. The van der Waals surface area contributed by atoms with E-state index in [-0.39, 0.29) is 0 Å². The lowest BCUT2D eigenvalue weighted by atomic mass is 10.2. The molecule has 0 fully saturated rings. The molecule has 126 valence electrons. The van der Waals surface area contributed by atoms with Crippen LogP contribution in [0.25, 0.3) is 33.8 Å². The molecule has 2 aromatic carbocycles. The highest BCUT2D eigenvalue weighted by Crippen LogP contribution is 2.25. The second-order valence-electron chi connectivity index (χ2n) is 6.05. The summed E-state index contributed by atoms with van der Waals surface area (Å²) in [6, 6.07) is 15.7. The molecule has 5 rings (SSSR count). The molecule has 0 unspecified atom stereocenters. The molecule has 3 aromatic heterocycles. The molecule has 5 aromatic rings. The predicted octanol–water partition coefficient (Wildman–Crippen LogP) is 4.09. The zero-order chi connectivity index (χ0) is 17.7. The average Bonchev–Trinajstić information content (AvgIpc) is 3.28. The van der Waals surface area contributed by atoms with Crippen LogP contribution in [0.4, 0.5) is 0 Å². The third-order valence-corrected chi connectivity index (χ3v) is 4.82. The number of halogens is 1. The van der Waals surface area contributed by atoms with Crippen molar-refractivity contribution in [2.45, 2.75) is 6.92 Å². The highest BCUT2D eigenvalue weighted by Gasteiger charge is 2.15. The topological polar surface area (TPSA) is 60.9 Å². The molecule has 0 N–H and O–H groups in total. The minimum absolute atomic E-state index is 0.695. The van der Waals surface area contributed by atoms with Gasteiger partial charge in [-0.1, -0.05) is 48.0 Å². The summed E-state index contributed by atoms with van der Waals surface area (Å²) < 4.78 is 3.64. The van der Waals surface area contributed by atoms with Gasteiger partial charge in [0.2, 0.25) is 0 Å². The second-order valence-corrected chi connectivity index (χ2v) is 6.46. The fraction of sp³-hybridized carbons (Fsp3) is 0.0526. The van der Waals surface area contributed by atoms with Crippen molar-refractivity contribution in [1.29, 1.82) is 0 Å². The van der Waals surface area contributed by atoms with E-state index >= 15 is 0 Å². The molecule has 0 spiro atoms. The summed E-state index contributed by atoms with van der Waals surface area (Å²) in [5.41, 5.74) is 4.30. The van der Waals surface area contributed by atoms with Gasteiger partial charge in [0.25, 0.3) is 0 Å². The Morgan fingerprint density at radius 2 is 1.81 bits per heavy atom. The lowest BCUT2D eigenvalue weighted by molar-refractivity contribution is 0.893. The Labute approximate surface area is 153 Å². The van der Waals surface area contributed by atoms with Crippen LogP contribution < -0.4 is 0 Å². The van der Waals surface area contributed by atoms with Crippen molar-refractivity contribution in [1.82, 2.24) is 29.4 Å². The zero-order valence-electron chi connectivity index (χ0n) is 13.8. The van der Waals surface area contributed by atoms with Gasteiger partial charge in [0.15, 0.2) is 17.1 Å². The summed E-state index contributed by atoms with van der Waals surface area (Å²) >= 11 is 6.26. The van der Waals surface area contributed by atoms with Crippen molar-refractivity contribution >= 4 is 28.3 Å². The Morgan fingerprint density at radius 3 is 2.62 bits per heavy atom. The van der Waals surface area contributed by atoms with Crippen LogP contribution in [0.2, 0.25) is 5.02 Å². The van der Waals surface area contributed by atoms with Crippen LogP contribution in [0.1, 0.15) is 5.56 Å². The van der Waals surface area contributed by atoms with Crippen molar-refractivity contribution in [3.05, 3.63) is 71.6 Å². The molecule has 0 bridgehead atoms. The molecule has 6 nitrogen and oxygen atoms in total. The molecule has 0 amide bonds. The predicted molar refractivity (Wildman–Crippen MR) is 101 cm³/mol. The maximum absolute atomic E-state index is 6.26. The van der Waals surface area contributed by atoms with Gasteiger partial charge < -0.3 is 0 Å². The number of nitrogens with zero attached hydrogens (tertiary/aromatic N) is 6. The number of benzene rings is 2. The van der Waals surface area contributed by atoms with Gasteiger partial charge in [-0.2, -0.15) is 5.10 Å². The Hall–Kier alpha value is -3.25. The lowest BCUT2D eigenvalue weighted by Gasteiger charge is -2.05. The van der Waals surface area contributed by atoms with Gasteiger partial charge in [0, 0.05) is 10.6 Å². The molecule has 0 aliphatic carbocycles. The van der Waals surface area contributed by atoms with Crippen LogP contribution in [0.15, 0.2) is 61.1 Å². The Bertz CT molecular complexity index is 1260. The molecular weight excluding hydrogens is 348 g/mol. The number of aromatic nitrogens is 6. The summed E-state index contributed by atoms with van der Waals surface area (Å²) in [7, 11) is 0. The number of aryl methyl sites for hydroxylation is 1. The normalized spacial score (nSPS) is 11.5. The van der Waals surface area contributed by atoms with Crippen LogP contribution >= 0.6 is 11.6 Å². The highest BCUT2D eigenvalue weighted by molar-refractivity contribution is 6.31. The van der Waals surface area contributed by atoms with Crippen LogP contribution in [0, 0.1) is 6.92 Å². The fourth-order valence-electron chi connectivity index (χ4n) is 3.01. The van der Waals surface area contributed by atoms with Crippen LogP contribution in [0.3, 0.4) is 0 Å². The zero-order valence-corrected chi connectivity index (χ0v) is 14.6. The summed E-state index contributed by atoms with van der Waals surface area (Å²) in [5.74, 6) is 0.751. The first-order valence-corrected chi connectivity index (χ1v) is 8.49. The first-order valence-electron chi connectivity index (χ1n) is 8.12. The fourth-order valence-corrected chi connectivity index (χ4v) is 3.18. The molecule has 26 heavy (non-hydrogen) atoms. The lowest BCUT2D eigenvalue weighted by Crippen LogP contribution is -1.99. The highest BCUT2D eigenvalue weighted by atomic mass is 35.5. The van der Waals surface area contributed by atoms with Gasteiger partial charge in [-0.15, -0.1) is 10.2 Å². The first-order chi connectivity index (χ1) is 12.7. The van der Waals surface area contributed by atoms with E-state index in [9.17, 15) is 0 Å². The van der Waals surface area contributed by atoms with Gasteiger partial charge in [-0.3, -0.25) is 4.40 Å². The van der Waals surface area contributed by atoms with E-state index in [0.29, 0.717) is 10.7 Å². The van der Waals surface area contributed by atoms with E-state index in [4.69, 9.17) is 11.6 Å². The van der Waals surface area contributed by atoms with E-state index in [0.717, 1.165) is 33.7 Å². The van der Waals surface area contributed by atoms with E-state index in [1.54, 1.807) is 17.2 Å². The molecule has 7 heteroatoms. The van der Waals surface area contributed by atoms with E-state index in [1.807, 2.05) is 59.9 Å². The first kappa shape index (κ1) is 15.0. The molecule has 0 aliphatic rings. The van der Waals surface area contributed by atoms with Gasteiger partial charge in [-0.05, 0) is 24.6 Å². The maximum atomic E-state index is 6.26. The van der Waals surface area contributed by atoms with Crippen molar-refractivity contribution in [2.24, 2.45) is 0 Å². The Kier molecular flexibility index (Phi) is 3.26. The molecule has 0 saturated carbocycles. The van der Waals surface area contributed by atoms with E-state index in [2.05, 4.69) is 20.3 Å². The van der Waals surface area contributed by atoms with Gasteiger partial charge >= 0.3 is 0 Å². The van der Waals surface area contributed by atoms with Crippen molar-refractivity contribution in [3.63, 3.8) is 0 Å². The SMILES string of the molecule is Cc1ccc(-n2ncc3c2ncn2c(-c4ccccc4)nnc32)cc1Cl. The molecular formula is C19H13ClN6. The molecule has 3 heterocycles. The summed E-state index contributed by atoms with van der Waals surface area (Å²) in [6.07, 6.45) is 3.49. The minimum atomic E-state index is 0.695. The Morgan fingerprint density at radius 1 is 0.962 bits per heavy atom. The number of hydrogen-bond donors (Lipinski definition) is 0. The summed E-state index contributed by atoms with van der Waals surface area (Å²) in [5, 5.41) is 14.7. The second kappa shape index (κ2) is 5.64. The van der Waals surface area contributed by atoms with Crippen LogP contribution in [-0.4, -0.2) is 29.4 Å². The third kappa shape index (κ3) is 2.19. The monoisotopic (exact) mass is 360 g/mol.